The highest BCUT2D eigenvalue weighted by Crippen LogP contribution is 2.29. The minimum Gasteiger partial charge on any atom is -0.481 e. The summed E-state index contributed by atoms with van der Waals surface area (Å²) in [7, 11) is 3.84. The van der Waals surface area contributed by atoms with Gasteiger partial charge in [-0.3, -0.25) is 4.79 Å². The molecule has 88 valence electrons. The first-order chi connectivity index (χ1) is 7.57. The SMILES string of the molecule is CCC(C(=O)O)C(c1ccccc1)N(C)C. The van der Waals surface area contributed by atoms with Crippen LogP contribution >= 0.6 is 0 Å². The standard InChI is InChI=1S/C13H19NO2/c1-4-11(13(15)16)12(14(2)3)10-8-6-5-7-9-10/h5-9,11-12H,4H2,1-3H3,(H,15,16). The van der Waals surface area contributed by atoms with Crippen molar-refractivity contribution < 1.29 is 9.90 Å². The highest BCUT2D eigenvalue weighted by atomic mass is 16.4. The van der Waals surface area contributed by atoms with Crippen molar-refractivity contribution in [1.29, 1.82) is 0 Å². The van der Waals surface area contributed by atoms with Crippen LogP contribution in [-0.2, 0) is 4.79 Å². The summed E-state index contributed by atoms with van der Waals surface area (Å²) in [5.74, 6) is -1.09. The van der Waals surface area contributed by atoms with E-state index < -0.39 is 5.97 Å². The van der Waals surface area contributed by atoms with E-state index >= 15 is 0 Å². The number of rotatable bonds is 5. The third-order valence-corrected chi connectivity index (χ3v) is 2.84. The highest BCUT2D eigenvalue weighted by Gasteiger charge is 2.29. The van der Waals surface area contributed by atoms with Gasteiger partial charge in [0.25, 0.3) is 0 Å². The van der Waals surface area contributed by atoms with Crippen LogP contribution in [0.25, 0.3) is 0 Å². The Morgan fingerprint density at radius 3 is 2.25 bits per heavy atom. The Bertz CT molecular complexity index is 335. The Labute approximate surface area is 96.7 Å². The molecule has 2 unspecified atom stereocenters. The smallest absolute Gasteiger partial charge is 0.308 e. The lowest BCUT2D eigenvalue weighted by atomic mass is 9.90. The molecule has 0 aliphatic heterocycles. The van der Waals surface area contributed by atoms with Gasteiger partial charge in [0.2, 0.25) is 0 Å². The molecular weight excluding hydrogens is 202 g/mol. The second kappa shape index (κ2) is 5.66. The Morgan fingerprint density at radius 2 is 1.88 bits per heavy atom. The predicted octanol–water partition coefficient (Wildman–Crippen LogP) is 2.40. The van der Waals surface area contributed by atoms with Crippen molar-refractivity contribution in [2.75, 3.05) is 14.1 Å². The highest BCUT2D eigenvalue weighted by molar-refractivity contribution is 5.71. The van der Waals surface area contributed by atoms with Gasteiger partial charge >= 0.3 is 5.97 Å². The van der Waals surface area contributed by atoms with E-state index in [4.69, 9.17) is 0 Å². The Balaban J connectivity index is 3.04. The maximum absolute atomic E-state index is 11.2. The molecule has 0 saturated heterocycles. The van der Waals surface area contributed by atoms with Crippen molar-refractivity contribution in [3.63, 3.8) is 0 Å². The van der Waals surface area contributed by atoms with Gasteiger partial charge < -0.3 is 10.0 Å². The van der Waals surface area contributed by atoms with Crippen LogP contribution in [0.1, 0.15) is 24.9 Å². The third-order valence-electron chi connectivity index (χ3n) is 2.84. The van der Waals surface area contributed by atoms with Crippen LogP contribution < -0.4 is 0 Å². The normalized spacial score (nSPS) is 14.8. The Hall–Kier alpha value is -1.35. The predicted molar refractivity (Wildman–Crippen MR) is 64.3 cm³/mol. The quantitative estimate of drug-likeness (QED) is 0.830. The number of benzene rings is 1. The zero-order chi connectivity index (χ0) is 12.1. The molecule has 0 aromatic heterocycles. The lowest BCUT2D eigenvalue weighted by Gasteiger charge is -2.29. The first-order valence-corrected chi connectivity index (χ1v) is 5.52. The number of carboxylic acids is 1. The number of hydrogen-bond donors (Lipinski definition) is 1. The van der Waals surface area contributed by atoms with Crippen molar-refractivity contribution in [1.82, 2.24) is 4.90 Å². The first-order valence-electron chi connectivity index (χ1n) is 5.52. The van der Waals surface area contributed by atoms with Crippen LogP contribution in [0.4, 0.5) is 0 Å². The van der Waals surface area contributed by atoms with Crippen molar-refractivity contribution in [3.8, 4) is 0 Å². The summed E-state index contributed by atoms with van der Waals surface area (Å²) in [5, 5.41) is 9.23. The molecule has 0 aliphatic rings. The van der Waals surface area contributed by atoms with Gasteiger partial charge in [0.1, 0.15) is 0 Å². The molecule has 0 fully saturated rings. The fourth-order valence-electron chi connectivity index (χ4n) is 2.07. The topological polar surface area (TPSA) is 40.5 Å². The minimum absolute atomic E-state index is 0.0660. The van der Waals surface area contributed by atoms with E-state index in [1.165, 1.54) is 0 Å². The molecule has 1 aromatic rings. The van der Waals surface area contributed by atoms with Gasteiger partial charge in [-0.2, -0.15) is 0 Å². The number of nitrogens with zero attached hydrogens (tertiary/aromatic N) is 1. The van der Waals surface area contributed by atoms with E-state index in [2.05, 4.69) is 0 Å². The molecule has 16 heavy (non-hydrogen) atoms. The maximum Gasteiger partial charge on any atom is 0.308 e. The van der Waals surface area contributed by atoms with Gasteiger partial charge in [-0.1, -0.05) is 37.3 Å². The van der Waals surface area contributed by atoms with E-state index in [0.717, 1.165) is 5.56 Å². The zero-order valence-corrected chi connectivity index (χ0v) is 10.1. The summed E-state index contributed by atoms with van der Waals surface area (Å²) in [6.45, 7) is 1.91. The van der Waals surface area contributed by atoms with Crippen LogP contribution in [-0.4, -0.2) is 30.1 Å². The lowest BCUT2D eigenvalue weighted by Crippen LogP contribution is -2.31. The molecule has 1 N–H and O–H groups in total. The van der Waals surface area contributed by atoms with Crippen LogP contribution in [0, 0.1) is 5.92 Å². The molecule has 0 spiro atoms. The van der Waals surface area contributed by atoms with E-state index in [-0.39, 0.29) is 12.0 Å². The van der Waals surface area contributed by atoms with Gasteiger partial charge in [0.05, 0.1) is 5.92 Å². The molecule has 0 radical (unpaired) electrons. The summed E-state index contributed by atoms with van der Waals surface area (Å²) < 4.78 is 0. The Kier molecular flexibility index (Phi) is 4.50. The zero-order valence-electron chi connectivity index (χ0n) is 10.1. The molecule has 0 amide bonds. The fraction of sp³-hybridized carbons (Fsp3) is 0.462. The summed E-state index contributed by atoms with van der Waals surface area (Å²) in [5.41, 5.74) is 1.06. The number of hydrogen-bond acceptors (Lipinski definition) is 2. The number of aliphatic carboxylic acids is 1. The summed E-state index contributed by atoms with van der Waals surface area (Å²) in [6, 6.07) is 9.73. The van der Waals surface area contributed by atoms with E-state index in [9.17, 15) is 9.90 Å². The summed E-state index contributed by atoms with van der Waals surface area (Å²) >= 11 is 0. The third kappa shape index (κ3) is 2.83. The van der Waals surface area contributed by atoms with Gasteiger partial charge in [-0.25, -0.2) is 0 Å². The van der Waals surface area contributed by atoms with Crippen LogP contribution in [0.2, 0.25) is 0 Å². The van der Waals surface area contributed by atoms with Gasteiger partial charge in [-0.15, -0.1) is 0 Å². The van der Waals surface area contributed by atoms with Gasteiger partial charge in [0, 0.05) is 6.04 Å². The molecular formula is C13H19NO2. The van der Waals surface area contributed by atoms with E-state index in [0.29, 0.717) is 6.42 Å². The second-order valence-electron chi connectivity index (χ2n) is 4.17. The van der Waals surface area contributed by atoms with Gasteiger partial charge in [-0.05, 0) is 26.1 Å². The molecule has 3 heteroatoms. The van der Waals surface area contributed by atoms with Crippen molar-refractivity contribution in [3.05, 3.63) is 35.9 Å². The molecule has 2 atom stereocenters. The molecule has 0 saturated carbocycles. The van der Waals surface area contributed by atoms with E-state index in [1.54, 1.807) is 0 Å². The largest absolute Gasteiger partial charge is 0.481 e. The average Bonchev–Trinajstić information content (AvgIpc) is 2.25. The molecule has 0 heterocycles. The van der Waals surface area contributed by atoms with Gasteiger partial charge in [0.15, 0.2) is 0 Å². The number of carbonyl (C=O) groups is 1. The molecule has 1 aromatic carbocycles. The molecule has 1 rings (SSSR count). The van der Waals surface area contributed by atoms with E-state index in [1.807, 2.05) is 56.3 Å². The van der Waals surface area contributed by atoms with Crippen LogP contribution in [0.15, 0.2) is 30.3 Å². The summed E-state index contributed by atoms with van der Waals surface area (Å²) in [4.78, 5) is 13.2. The van der Waals surface area contributed by atoms with Crippen molar-refractivity contribution in [2.45, 2.75) is 19.4 Å². The van der Waals surface area contributed by atoms with Crippen LogP contribution in [0.3, 0.4) is 0 Å². The maximum atomic E-state index is 11.2. The first kappa shape index (κ1) is 12.7. The Morgan fingerprint density at radius 1 is 1.31 bits per heavy atom. The fourth-order valence-corrected chi connectivity index (χ4v) is 2.07. The van der Waals surface area contributed by atoms with Crippen LogP contribution in [0.5, 0.6) is 0 Å². The second-order valence-corrected chi connectivity index (χ2v) is 4.17. The van der Waals surface area contributed by atoms with Crippen molar-refractivity contribution >= 4 is 5.97 Å². The minimum atomic E-state index is -0.731. The summed E-state index contributed by atoms with van der Waals surface area (Å²) in [6.07, 6.45) is 0.632. The average molecular weight is 221 g/mol. The number of carboxylic acid groups (broad SMARTS) is 1. The molecule has 0 bridgehead atoms. The monoisotopic (exact) mass is 221 g/mol. The molecule has 0 aliphatic carbocycles. The molecule has 3 nitrogen and oxygen atoms in total. The van der Waals surface area contributed by atoms with Crippen molar-refractivity contribution in [2.24, 2.45) is 5.92 Å². The lowest BCUT2D eigenvalue weighted by molar-refractivity contribution is -0.144.